The van der Waals surface area contributed by atoms with Crippen molar-refractivity contribution in [2.24, 2.45) is 11.7 Å². The third kappa shape index (κ3) is 3.57. The second-order valence-corrected chi connectivity index (χ2v) is 5.94. The summed E-state index contributed by atoms with van der Waals surface area (Å²) in [6.07, 6.45) is 4.38. The number of amides is 1. The van der Waals surface area contributed by atoms with Crippen molar-refractivity contribution in [1.82, 2.24) is 5.32 Å². The van der Waals surface area contributed by atoms with Gasteiger partial charge in [-0.1, -0.05) is 31.0 Å². The summed E-state index contributed by atoms with van der Waals surface area (Å²) in [5.41, 5.74) is 6.42. The van der Waals surface area contributed by atoms with E-state index >= 15 is 0 Å². The van der Waals surface area contributed by atoms with Gasteiger partial charge in [-0.25, -0.2) is 4.39 Å². The molecular weight excluding hydrogens is 255 g/mol. The SMILES string of the molecule is CC1(N)CCCCC1C(=O)NCCc1ccccc1F. The molecule has 1 saturated carbocycles. The van der Waals surface area contributed by atoms with Gasteiger partial charge in [-0.2, -0.15) is 0 Å². The second-order valence-electron chi connectivity index (χ2n) is 5.94. The van der Waals surface area contributed by atoms with Gasteiger partial charge in [0.2, 0.25) is 5.91 Å². The summed E-state index contributed by atoms with van der Waals surface area (Å²) in [5.74, 6) is -0.342. The van der Waals surface area contributed by atoms with Crippen molar-refractivity contribution in [2.75, 3.05) is 6.54 Å². The molecule has 4 heteroatoms. The van der Waals surface area contributed by atoms with Crippen molar-refractivity contribution < 1.29 is 9.18 Å². The Kier molecular flexibility index (Phi) is 4.76. The molecule has 2 rings (SSSR count). The van der Waals surface area contributed by atoms with Crippen LogP contribution in [-0.2, 0) is 11.2 Å². The van der Waals surface area contributed by atoms with Crippen molar-refractivity contribution in [1.29, 1.82) is 0 Å². The van der Waals surface area contributed by atoms with E-state index in [4.69, 9.17) is 5.73 Å². The molecule has 3 nitrogen and oxygen atoms in total. The van der Waals surface area contributed by atoms with E-state index in [9.17, 15) is 9.18 Å². The quantitative estimate of drug-likeness (QED) is 0.888. The molecule has 1 amide bonds. The molecule has 1 aromatic rings. The van der Waals surface area contributed by atoms with Gasteiger partial charge in [-0.3, -0.25) is 4.79 Å². The Morgan fingerprint density at radius 3 is 2.90 bits per heavy atom. The number of carbonyl (C=O) groups is 1. The predicted octanol–water partition coefficient (Wildman–Crippen LogP) is 2.39. The average molecular weight is 278 g/mol. The lowest BCUT2D eigenvalue weighted by atomic mass is 9.74. The summed E-state index contributed by atoms with van der Waals surface area (Å²) in [5, 5.41) is 2.90. The van der Waals surface area contributed by atoms with Crippen LogP contribution in [0, 0.1) is 11.7 Å². The van der Waals surface area contributed by atoms with Gasteiger partial charge in [0.1, 0.15) is 5.82 Å². The second kappa shape index (κ2) is 6.35. The first-order valence-electron chi connectivity index (χ1n) is 7.31. The highest BCUT2D eigenvalue weighted by Crippen LogP contribution is 2.31. The number of benzene rings is 1. The van der Waals surface area contributed by atoms with Gasteiger partial charge in [0.25, 0.3) is 0 Å². The molecule has 110 valence electrons. The summed E-state index contributed by atoms with van der Waals surface area (Å²) < 4.78 is 13.5. The Balaban J connectivity index is 1.85. The highest BCUT2D eigenvalue weighted by Gasteiger charge is 2.37. The highest BCUT2D eigenvalue weighted by molar-refractivity contribution is 5.80. The van der Waals surface area contributed by atoms with Crippen LogP contribution in [0.4, 0.5) is 4.39 Å². The van der Waals surface area contributed by atoms with Crippen molar-refractivity contribution in [3.63, 3.8) is 0 Å². The fourth-order valence-electron chi connectivity index (χ4n) is 2.93. The molecule has 1 aliphatic carbocycles. The predicted molar refractivity (Wildman–Crippen MR) is 77.7 cm³/mol. The molecule has 1 aromatic carbocycles. The van der Waals surface area contributed by atoms with E-state index in [1.807, 2.05) is 6.92 Å². The lowest BCUT2D eigenvalue weighted by Gasteiger charge is -2.37. The molecule has 0 aliphatic heterocycles. The lowest BCUT2D eigenvalue weighted by Crippen LogP contribution is -2.53. The molecule has 0 aromatic heterocycles. The zero-order valence-corrected chi connectivity index (χ0v) is 12.0. The molecular formula is C16H23FN2O. The van der Waals surface area contributed by atoms with E-state index in [1.54, 1.807) is 18.2 Å². The Bertz CT molecular complexity index is 473. The van der Waals surface area contributed by atoms with Gasteiger partial charge in [0.05, 0.1) is 5.92 Å². The fraction of sp³-hybridized carbons (Fsp3) is 0.562. The number of carbonyl (C=O) groups excluding carboxylic acids is 1. The highest BCUT2D eigenvalue weighted by atomic mass is 19.1. The zero-order chi connectivity index (χ0) is 14.6. The molecule has 0 saturated heterocycles. The molecule has 0 spiro atoms. The number of nitrogens with one attached hydrogen (secondary N) is 1. The largest absolute Gasteiger partial charge is 0.355 e. The maximum Gasteiger partial charge on any atom is 0.224 e. The molecule has 3 N–H and O–H groups in total. The number of hydrogen-bond acceptors (Lipinski definition) is 2. The molecule has 0 radical (unpaired) electrons. The van der Waals surface area contributed by atoms with Crippen LogP contribution in [0.1, 0.15) is 38.2 Å². The smallest absolute Gasteiger partial charge is 0.224 e. The van der Waals surface area contributed by atoms with Crippen LogP contribution in [0.15, 0.2) is 24.3 Å². The third-order valence-electron chi connectivity index (χ3n) is 4.22. The number of nitrogens with two attached hydrogens (primary N) is 1. The van der Waals surface area contributed by atoms with Gasteiger partial charge in [0.15, 0.2) is 0 Å². The molecule has 1 aliphatic rings. The van der Waals surface area contributed by atoms with Crippen molar-refractivity contribution in [2.45, 2.75) is 44.6 Å². The maximum absolute atomic E-state index is 13.5. The lowest BCUT2D eigenvalue weighted by molar-refractivity contribution is -0.128. The zero-order valence-electron chi connectivity index (χ0n) is 12.0. The van der Waals surface area contributed by atoms with E-state index in [2.05, 4.69) is 5.32 Å². The van der Waals surface area contributed by atoms with E-state index in [0.717, 1.165) is 25.7 Å². The number of halogens is 1. The summed E-state index contributed by atoms with van der Waals surface area (Å²) in [6, 6.07) is 6.65. The summed E-state index contributed by atoms with van der Waals surface area (Å²) >= 11 is 0. The van der Waals surface area contributed by atoms with Crippen LogP contribution in [0.25, 0.3) is 0 Å². The number of hydrogen-bond donors (Lipinski definition) is 2. The van der Waals surface area contributed by atoms with Gasteiger partial charge < -0.3 is 11.1 Å². The van der Waals surface area contributed by atoms with Crippen molar-refractivity contribution in [3.8, 4) is 0 Å². The Labute approximate surface area is 119 Å². The van der Waals surface area contributed by atoms with Crippen LogP contribution < -0.4 is 11.1 Å². The van der Waals surface area contributed by atoms with Crippen molar-refractivity contribution >= 4 is 5.91 Å². The van der Waals surface area contributed by atoms with Crippen LogP contribution in [0.2, 0.25) is 0 Å². The third-order valence-corrected chi connectivity index (χ3v) is 4.22. The minimum Gasteiger partial charge on any atom is -0.355 e. The van der Waals surface area contributed by atoms with Gasteiger partial charge in [-0.05, 0) is 37.8 Å². The van der Waals surface area contributed by atoms with Gasteiger partial charge >= 0.3 is 0 Å². The van der Waals surface area contributed by atoms with E-state index in [-0.39, 0.29) is 17.6 Å². The van der Waals surface area contributed by atoms with Crippen molar-refractivity contribution in [3.05, 3.63) is 35.6 Å². The Morgan fingerprint density at radius 2 is 2.20 bits per heavy atom. The first kappa shape index (κ1) is 15.0. The molecule has 0 heterocycles. The van der Waals surface area contributed by atoms with Crippen LogP contribution in [0.3, 0.4) is 0 Å². The minimum absolute atomic E-state index is 0.00559. The van der Waals surface area contributed by atoms with E-state index in [1.165, 1.54) is 6.07 Å². The topological polar surface area (TPSA) is 55.1 Å². The standard InChI is InChI=1S/C16H23FN2O/c1-16(18)10-5-4-7-13(16)15(20)19-11-9-12-6-2-3-8-14(12)17/h2-3,6,8,13H,4-5,7,9-11,18H2,1H3,(H,19,20). The normalized spacial score (nSPS) is 26.2. The summed E-state index contributed by atoms with van der Waals surface area (Å²) in [6.45, 7) is 2.40. The Morgan fingerprint density at radius 1 is 1.45 bits per heavy atom. The van der Waals surface area contributed by atoms with Gasteiger partial charge in [-0.15, -0.1) is 0 Å². The Hall–Kier alpha value is -1.42. The molecule has 20 heavy (non-hydrogen) atoms. The molecule has 1 fully saturated rings. The molecule has 2 atom stereocenters. The van der Waals surface area contributed by atoms with Crippen LogP contribution >= 0.6 is 0 Å². The summed E-state index contributed by atoms with van der Waals surface area (Å²) in [4.78, 5) is 12.2. The maximum atomic E-state index is 13.5. The molecule has 2 unspecified atom stereocenters. The average Bonchev–Trinajstić information content (AvgIpc) is 2.40. The fourth-order valence-corrected chi connectivity index (χ4v) is 2.93. The first-order valence-corrected chi connectivity index (χ1v) is 7.31. The van der Waals surface area contributed by atoms with Crippen LogP contribution in [-0.4, -0.2) is 18.0 Å². The molecule has 0 bridgehead atoms. The monoisotopic (exact) mass is 278 g/mol. The van der Waals surface area contributed by atoms with Crippen LogP contribution in [0.5, 0.6) is 0 Å². The van der Waals surface area contributed by atoms with Gasteiger partial charge in [0, 0.05) is 12.1 Å². The first-order chi connectivity index (χ1) is 9.50. The van der Waals surface area contributed by atoms with E-state index in [0.29, 0.717) is 18.5 Å². The van der Waals surface area contributed by atoms with E-state index < -0.39 is 5.54 Å². The summed E-state index contributed by atoms with van der Waals surface area (Å²) in [7, 11) is 0. The number of rotatable bonds is 4. The minimum atomic E-state index is -0.416.